The molecule has 1 nitrogen and oxygen atoms in total. The molecule has 0 amide bonds. The van der Waals surface area contributed by atoms with Crippen molar-refractivity contribution < 1.29 is 0 Å². The molecule has 2 aromatic rings. The standard InChI is InChI=1S/C14H17NS/c1-10-4-5-13(6-11(10)2)14-7-12(8-15-3)9-16-14/h4-7,9,15H,8H2,1-3H3. The highest BCUT2D eigenvalue weighted by Gasteiger charge is 2.03. The molecular formula is C14H17NS. The maximum Gasteiger partial charge on any atom is 0.0346 e. The van der Waals surface area contributed by atoms with E-state index in [0.29, 0.717) is 0 Å². The Hall–Kier alpha value is -1.12. The van der Waals surface area contributed by atoms with Gasteiger partial charge in [-0.3, -0.25) is 0 Å². The lowest BCUT2D eigenvalue weighted by molar-refractivity contribution is 0.821. The summed E-state index contributed by atoms with van der Waals surface area (Å²) in [5, 5.41) is 5.40. The highest BCUT2D eigenvalue weighted by molar-refractivity contribution is 7.13. The van der Waals surface area contributed by atoms with Gasteiger partial charge >= 0.3 is 0 Å². The monoisotopic (exact) mass is 231 g/mol. The molecule has 16 heavy (non-hydrogen) atoms. The van der Waals surface area contributed by atoms with Crippen molar-refractivity contribution >= 4 is 11.3 Å². The summed E-state index contributed by atoms with van der Waals surface area (Å²) in [6.07, 6.45) is 0. The molecule has 0 fully saturated rings. The SMILES string of the molecule is CNCc1csc(-c2ccc(C)c(C)c2)c1. The molecule has 0 radical (unpaired) electrons. The predicted molar refractivity (Wildman–Crippen MR) is 72.0 cm³/mol. The molecule has 0 bridgehead atoms. The van der Waals surface area contributed by atoms with Crippen LogP contribution in [0.5, 0.6) is 0 Å². The first-order valence-corrected chi connectivity index (χ1v) is 6.38. The zero-order valence-corrected chi connectivity index (χ0v) is 10.8. The minimum absolute atomic E-state index is 0.946. The first-order valence-electron chi connectivity index (χ1n) is 5.50. The number of thiophene rings is 1. The van der Waals surface area contributed by atoms with Crippen molar-refractivity contribution in [3.8, 4) is 10.4 Å². The second-order valence-electron chi connectivity index (χ2n) is 4.15. The Labute approximate surface area is 101 Å². The Morgan fingerprint density at radius 2 is 1.94 bits per heavy atom. The van der Waals surface area contributed by atoms with Crippen molar-refractivity contribution in [3.05, 3.63) is 46.3 Å². The van der Waals surface area contributed by atoms with Crippen LogP contribution in [0, 0.1) is 13.8 Å². The van der Waals surface area contributed by atoms with E-state index in [-0.39, 0.29) is 0 Å². The van der Waals surface area contributed by atoms with E-state index in [1.165, 1.54) is 27.1 Å². The summed E-state index contributed by atoms with van der Waals surface area (Å²) in [7, 11) is 1.98. The van der Waals surface area contributed by atoms with E-state index in [9.17, 15) is 0 Å². The normalized spacial score (nSPS) is 10.7. The summed E-state index contributed by atoms with van der Waals surface area (Å²) < 4.78 is 0. The first kappa shape index (κ1) is 11.4. The average Bonchev–Trinajstić information content (AvgIpc) is 2.71. The maximum absolute atomic E-state index is 3.18. The molecule has 84 valence electrons. The molecule has 2 rings (SSSR count). The number of aryl methyl sites for hydroxylation is 2. The highest BCUT2D eigenvalue weighted by atomic mass is 32.1. The quantitative estimate of drug-likeness (QED) is 0.848. The Balaban J connectivity index is 2.31. The Morgan fingerprint density at radius 3 is 2.62 bits per heavy atom. The van der Waals surface area contributed by atoms with Gasteiger partial charge in [-0.2, -0.15) is 0 Å². The average molecular weight is 231 g/mol. The van der Waals surface area contributed by atoms with Crippen LogP contribution >= 0.6 is 11.3 Å². The zero-order valence-electron chi connectivity index (χ0n) is 10.0. The zero-order chi connectivity index (χ0) is 11.5. The Kier molecular flexibility index (Phi) is 3.42. The topological polar surface area (TPSA) is 12.0 Å². The summed E-state index contributed by atoms with van der Waals surface area (Å²) in [6.45, 7) is 5.27. The molecule has 2 heteroatoms. The van der Waals surface area contributed by atoms with Gasteiger partial charge in [0.05, 0.1) is 0 Å². The van der Waals surface area contributed by atoms with Crippen molar-refractivity contribution in [1.29, 1.82) is 0 Å². The molecular weight excluding hydrogens is 214 g/mol. The molecule has 0 spiro atoms. The van der Waals surface area contributed by atoms with Crippen molar-refractivity contribution in [2.24, 2.45) is 0 Å². The summed E-state index contributed by atoms with van der Waals surface area (Å²) in [5.74, 6) is 0. The molecule has 0 unspecified atom stereocenters. The van der Waals surface area contributed by atoms with Crippen molar-refractivity contribution in [2.75, 3.05) is 7.05 Å². The van der Waals surface area contributed by atoms with E-state index in [0.717, 1.165) is 6.54 Å². The summed E-state index contributed by atoms with van der Waals surface area (Å²) in [5.41, 5.74) is 5.41. The summed E-state index contributed by atoms with van der Waals surface area (Å²) in [6, 6.07) is 8.94. The summed E-state index contributed by atoms with van der Waals surface area (Å²) >= 11 is 1.82. The van der Waals surface area contributed by atoms with Gasteiger partial charge in [0.1, 0.15) is 0 Å². The third-order valence-corrected chi connectivity index (χ3v) is 3.85. The second kappa shape index (κ2) is 4.81. The second-order valence-corrected chi connectivity index (χ2v) is 5.06. The van der Waals surface area contributed by atoms with E-state index in [2.05, 4.69) is 48.8 Å². The van der Waals surface area contributed by atoms with Gasteiger partial charge in [0.15, 0.2) is 0 Å². The Morgan fingerprint density at radius 1 is 1.12 bits per heavy atom. The van der Waals surface area contributed by atoms with Crippen LogP contribution in [-0.4, -0.2) is 7.05 Å². The van der Waals surface area contributed by atoms with Crippen molar-refractivity contribution in [1.82, 2.24) is 5.32 Å². The van der Waals surface area contributed by atoms with Crippen LogP contribution in [0.25, 0.3) is 10.4 Å². The predicted octanol–water partition coefficient (Wildman–Crippen LogP) is 3.75. The van der Waals surface area contributed by atoms with Gasteiger partial charge in [0.25, 0.3) is 0 Å². The molecule has 0 aliphatic heterocycles. The maximum atomic E-state index is 3.18. The van der Waals surface area contributed by atoms with Gasteiger partial charge in [-0.1, -0.05) is 18.2 Å². The molecule has 0 atom stereocenters. The van der Waals surface area contributed by atoms with Crippen LogP contribution in [0.1, 0.15) is 16.7 Å². The fraction of sp³-hybridized carbons (Fsp3) is 0.286. The molecule has 1 aromatic heterocycles. The van der Waals surface area contributed by atoms with E-state index in [4.69, 9.17) is 0 Å². The van der Waals surface area contributed by atoms with Gasteiger partial charge in [0.2, 0.25) is 0 Å². The van der Waals surface area contributed by atoms with Crippen LogP contribution in [-0.2, 0) is 6.54 Å². The van der Waals surface area contributed by atoms with Crippen LogP contribution in [0.15, 0.2) is 29.6 Å². The number of rotatable bonds is 3. The van der Waals surface area contributed by atoms with E-state index >= 15 is 0 Å². The lowest BCUT2D eigenvalue weighted by atomic mass is 10.1. The fourth-order valence-electron chi connectivity index (χ4n) is 1.72. The third-order valence-electron chi connectivity index (χ3n) is 2.83. The van der Waals surface area contributed by atoms with Gasteiger partial charge in [-0.25, -0.2) is 0 Å². The fourth-order valence-corrected chi connectivity index (χ4v) is 2.63. The number of hydrogen-bond acceptors (Lipinski definition) is 2. The minimum atomic E-state index is 0.946. The van der Waals surface area contributed by atoms with Gasteiger partial charge in [-0.05, 0) is 54.6 Å². The molecule has 0 saturated heterocycles. The lowest BCUT2D eigenvalue weighted by Gasteiger charge is -2.02. The number of hydrogen-bond donors (Lipinski definition) is 1. The molecule has 1 aromatic carbocycles. The Bertz CT molecular complexity index is 485. The molecule has 1 N–H and O–H groups in total. The smallest absolute Gasteiger partial charge is 0.0346 e. The van der Waals surface area contributed by atoms with Crippen LogP contribution in [0.4, 0.5) is 0 Å². The van der Waals surface area contributed by atoms with E-state index in [1.807, 2.05) is 18.4 Å². The number of nitrogens with one attached hydrogen (secondary N) is 1. The molecule has 1 heterocycles. The molecule has 0 aliphatic rings. The minimum Gasteiger partial charge on any atom is -0.316 e. The van der Waals surface area contributed by atoms with Gasteiger partial charge in [0, 0.05) is 11.4 Å². The van der Waals surface area contributed by atoms with Crippen molar-refractivity contribution in [2.45, 2.75) is 20.4 Å². The molecule has 0 saturated carbocycles. The summed E-state index contributed by atoms with van der Waals surface area (Å²) in [4.78, 5) is 1.35. The van der Waals surface area contributed by atoms with Crippen LogP contribution < -0.4 is 5.32 Å². The van der Waals surface area contributed by atoms with Crippen LogP contribution in [0.3, 0.4) is 0 Å². The van der Waals surface area contributed by atoms with E-state index < -0.39 is 0 Å². The van der Waals surface area contributed by atoms with E-state index in [1.54, 1.807) is 0 Å². The first-order chi connectivity index (χ1) is 7.70. The molecule has 0 aliphatic carbocycles. The lowest BCUT2D eigenvalue weighted by Crippen LogP contribution is -2.03. The van der Waals surface area contributed by atoms with Crippen molar-refractivity contribution in [3.63, 3.8) is 0 Å². The van der Waals surface area contributed by atoms with Gasteiger partial charge < -0.3 is 5.32 Å². The highest BCUT2D eigenvalue weighted by Crippen LogP contribution is 2.28. The van der Waals surface area contributed by atoms with Gasteiger partial charge in [-0.15, -0.1) is 11.3 Å². The number of benzene rings is 1. The largest absolute Gasteiger partial charge is 0.316 e. The van der Waals surface area contributed by atoms with Crippen LogP contribution in [0.2, 0.25) is 0 Å². The third kappa shape index (κ3) is 2.34.